The summed E-state index contributed by atoms with van der Waals surface area (Å²) in [6.45, 7) is 0. The molecule has 0 bridgehead atoms. The van der Waals surface area contributed by atoms with Gasteiger partial charge < -0.3 is 9.84 Å². The van der Waals surface area contributed by atoms with E-state index in [1.807, 2.05) is 18.2 Å². The highest BCUT2D eigenvalue weighted by Crippen LogP contribution is 2.34. The largest absolute Gasteiger partial charge is 0.507 e. The van der Waals surface area contributed by atoms with Crippen LogP contribution in [0, 0.1) is 0 Å². The molecule has 0 fully saturated rings. The number of aryl methyl sites for hydroxylation is 1. The summed E-state index contributed by atoms with van der Waals surface area (Å²) in [4.78, 5) is 11.4. The molecule has 0 atom stereocenters. The van der Waals surface area contributed by atoms with Gasteiger partial charge in [-0.05, 0) is 24.5 Å². The second kappa shape index (κ2) is 4.29. The average molecular weight is 283 g/mol. The Morgan fingerprint density at radius 1 is 1.44 bits per heavy atom. The van der Waals surface area contributed by atoms with Crippen molar-refractivity contribution < 1.29 is 14.6 Å². The second-order valence-corrected chi connectivity index (χ2v) is 4.45. The predicted octanol–water partition coefficient (Wildman–Crippen LogP) is 2.84. The quantitative estimate of drug-likeness (QED) is 0.806. The third kappa shape index (κ3) is 1.73. The average Bonchev–Trinajstić information content (AvgIpc) is 2.28. The Morgan fingerprint density at radius 2 is 2.19 bits per heavy atom. The van der Waals surface area contributed by atoms with E-state index in [1.54, 1.807) is 0 Å². The van der Waals surface area contributed by atoms with Crippen molar-refractivity contribution in [1.29, 1.82) is 0 Å². The first-order valence-corrected chi connectivity index (χ1v) is 5.72. The van der Waals surface area contributed by atoms with Crippen molar-refractivity contribution in [3.63, 3.8) is 0 Å². The van der Waals surface area contributed by atoms with E-state index >= 15 is 0 Å². The van der Waals surface area contributed by atoms with Crippen LogP contribution in [0.3, 0.4) is 0 Å². The Hall–Kier alpha value is -1.29. The monoisotopic (exact) mass is 282 g/mol. The molecule has 3 nitrogen and oxygen atoms in total. The summed E-state index contributed by atoms with van der Waals surface area (Å²) < 4.78 is 5.44. The molecule has 1 N–H and O–H groups in total. The first kappa shape index (κ1) is 11.2. The molecule has 1 aliphatic rings. The number of carbonyl (C=O) groups excluding carboxylic acids is 1. The van der Waals surface area contributed by atoms with E-state index in [9.17, 15) is 9.90 Å². The third-order valence-corrected chi connectivity index (χ3v) is 3.36. The van der Waals surface area contributed by atoms with E-state index in [0.29, 0.717) is 17.6 Å². The van der Waals surface area contributed by atoms with Crippen molar-refractivity contribution in [1.82, 2.24) is 0 Å². The number of benzene rings is 1. The van der Waals surface area contributed by atoms with E-state index in [0.717, 1.165) is 16.5 Å². The zero-order valence-electron chi connectivity index (χ0n) is 8.79. The molecule has 0 aromatic heterocycles. The lowest BCUT2D eigenvalue weighted by molar-refractivity contribution is -0.136. The summed E-state index contributed by atoms with van der Waals surface area (Å²) in [6, 6.07) is 5.71. The Labute approximate surface area is 102 Å². The summed E-state index contributed by atoms with van der Waals surface area (Å²) in [5.74, 6) is -0.431. The number of hydrogen-bond acceptors (Lipinski definition) is 3. The molecule has 1 aromatic rings. The molecule has 0 unspecified atom stereocenters. The molecule has 4 heteroatoms. The van der Waals surface area contributed by atoms with Crippen LogP contribution in [0.5, 0.6) is 0 Å². The standard InChI is InChI=1S/C12H11BrO3/c1-16-12(15)8-6-5-7-3-2-4-9(13)10(7)11(8)14/h2-4,14H,5-6H2,1H3. The van der Waals surface area contributed by atoms with Crippen LogP contribution >= 0.6 is 15.9 Å². The highest BCUT2D eigenvalue weighted by Gasteiger charge is 2.25. The zero-order valence-corrected chi connectivity index (χ0v) is 10.4. The van der Waals surface area contributed by atoms with E-state index < -0.39 is 5.97 Å². The minimum Gasteiger partial charge on any atom is -0.507 e. The number of fused-ring (bicyclic) bond motifs is 1. The van der Waals surface area contributed by atoms with Crippen LogP contribution in [0.15, 0.2) is 28.2 Å². The molecule has 0 aliphatic heterocycles. The van der Waals surface area contributed by atoms with Crippen LogP contribution in [-0.4, -0.2) is 18.2 Å². The SMILES string of the molecule is COC(=O)C1=C(O)c2c(Br)cccc2CC1. The molecule has 0 saturated carbocycles. The van der Waals surface area contributed by atoms with Gasteiger partial charge in [-0.15, -0.1) is 0 Å². The Bertz CT molecular complexity index is 477. The highest BCUT2D eigenvalue weighted by molar-refractivity contribution is 9.10. The van der Waals surface area contributed by atoms with Crippen molar-refractivity contribution in [3.8, 4) is 0 Å². The van der Waals surface area contributed by atoms with Gasteiger partial charge in [0.05, 0.1) is 12.7 Å². The molecule has 0 heterocycles. The van der Waals surface area contributed by atoms with Gasteiger partial charge in [0.1, 0.15) is 5.76 Å². The molecule has 1 aliphatic carbocycles. The summed E-state index contributed by atoms with van der Waals surface area (Å²) in [5.41, 5.74) is 2.09. The number of esters is 1. The maximum Gasteiger partial charge on any atom is 0.337 e. The topological polar surface area (TPSA) is 46.5 Å². The molecule has 0 amide bonds. The first-order chi connectivity index (χ1) is 7.65. The number of carbonyl (C=O) groups is 1. The van der Waals surface area contributed by atoms with Crippen LogP contribution in [-0.2, 0) is 16.0 Å². The van der Waals surface area contributed by atoms with Gasteiger partial charge in [0, 0.05) is 10.0 Å². The first-order valence-electron chi connectivity index (χ1n) is 4.93. The molecule has 0 spiro atoms. The van der Waals surface area contributed by atoms with Crippen LogP contribution < -0.4 is 0 Å². The molecule has 1 aromatic carbocycles. The lowest BCUT2D eigenvalue weighted by atomic mass is 9.90. The van der Waals surface area contributed by atoms with Crippen LogP contribution in [0.25, 0.3) is 5.76 Å². The second-order valence-electron chi connectivity index (χ2n) is 3.59. The van der Waals surface area contributed by atoms with Gasteiger partial charge in [-0.3, -0.25) is 0 Å². The van der Waals surface area contributed by atoms with Gasteiger partial charge in [0.2, 0.25) is 0 Å². The smallest absolute Gasteiger partial charge is 0.337 e. The summed E-state index contributed by atoms with van der Waals surface area (Å²) in [6.07, 6.45) is 1.26. The molecule has 2 rings (SSSR count). The van der Waals surface area contributed by atoms with Crippen molar-refractivity contribution in [3.05, 3.63) is 39.4 Å². The van der Waals surface area contributed by atoms with Crippen molar-refractivity contribution in [2.75, 3.05) is 7.11 Å². The number of rotatable bonds is 1. The molecular formula is C12H11BrO3. The van der Waals surface area contributed by atoms with Gasteiger partial charge in [-0.2, -0.15) is 0 Å². The molecule has 0 saturated heterocycles. The zero-order chi connectivity index (χ0) is 11.7. The molecular weight excluding hydrogens is 272 g/mol. The lowest BCUT2D eigenvalue weighted by Gasteiger charge is -2.19. The maximum absolute atomic E-state index is 11.4. The van der Waals surface area contributed by atoms with Crippen LogP contribution in [0.1, 0.15) is 17.5 Å². The normalized spacial score (nSPS) is 14.6. The van der Waals surface area contributed by atoms with E-state index in [4.69, 9.17) is 0 Å². The third-order valence-electron chi connectivity index (χ3n) is 2.70. The summed E-state index contributed by atoms with van der Waals surface area (Å²) in [7, 11) is 1.32. The van der Waals surface area contributed by atoms with Crippen molar-refractivity contribution in [2.45, 2.75) is 12.8 Å². The maximum atomic E-state index is 11.4. The fraction of sp³-hybridized carbons (Fsp3) is 0.250. The van der Waals surface area contributed by atoms with Gasteiger partial charge >= 0.3 is 5.97 Å². The number of aliphatic hydroxyl groups is 1. The fourth-order valence-electron chi connectivity index (χ4n) is 1.89. The lowest BCUT2D eigenvalue weighted by Crippen LogP contribution is -2.14. The minimum absolute atomic E-state index is 0.0283. The number of aliphatic hydroxyl groups excluding tert-OH is 1. The highest BCUT2D eigenvalue weighted by atomic mass is 79.9. The molecule has 0 radical (unpaired) electrons. The minimum atomic E-state index is -0.459. The van der Waals surface area contributed by atoms with E-state index in [1.165, 1.54) is 7.11 Å². The van der Waals surface area contributed by atoms with Gasteiger partial charge in [0.15, 0.2) is 0 Å². The molecule has 16 heavy (non-hydrogen) atoms. The number of methoxy groups -OCH3 is 1. The van der Waals surface area contributed by atoms with E-state index in [-0.39, 0.29) is 5.76 Å². The van der Waals surface area contributed by atoms with Crippen molar-refractivity contribution in [2.24, 2.45) is 0 Å². The van der Waals surface area contributed by atoms with E-state index in [2.05, 4.69) is 20.7 Å². The predicted molar refractivity (Wildman–Crippen MR) is 64.0 cm³/mol. The van der Waals surface area contributed by atoms with Crippen LogP contribution in [0.2, 0.25) is 0 Å². The Kier molecular flexibility index (Phi) is 3.01. The number of halogens is 1. The summed E-state index contributed by atoms with van der Waals surface area (Å²) in [5, 5.41) is 10.1. The van der Waals surface area contributed by atoms with Crippen LogP contribution in [0.4, 0.5) is 0 Å². The van der Waals surface area contributed by atoms with Gasteiger partial charge in [-0.1, -0.05) is 28.1 Å². The fourth-order valence-corrected chi connectivity index (χ4v) is 2.49. The number of hydrogen-bond donors (Lipinski definition) is 1. The van der Waals surface area contributed by atoms with Crippen molar-refractivity contribution >= 4 is 27.7 Å². The Balaban J connectivity index is 2.57. The van der Waals surface area contributed by atoms with Gasteiger partial charge in [-0.25, -0.2) is 4.79 Å². The number of ether oxygens (including phenoxy) is 1. The summed E-state index contributed by atoms with van der Waals surface area (Å²) >= 11 is 3.37. The van der Waals surface area contributed by atoms with Gasteiger partial charge in [0.25, 0.3) is 0 Å². The molecule has 84 valence electrons. The Morgan fingerprint density at radius 3 is 2.88 bits per heavy atom.